The lowest BCUT2D eigenvalue weighted by molar-refractivity contribution is -0.133. The van der Waals surface area contributed by atoms with Crippen LogP contribution in [0.4, 0.5) is 4.79 Å². The van der Waals surface area contributed by atoms with Crippen LogP contribution < -0.4 is 10.1 Å². The number of nitrogens with one attached hydrogen (secondary N) is 1. The number of benzene rings is 1. The molecule has 1 fully saturated rings. The number of rotatable bonds is 7. The Morgan fingerprint density at radius 2 is 1.76 bits per heavy atom. The minimum atomic E-state index is -1.37. The molecule has 0 heterocycles. The fourth-order valence-corrected chi connectivity index (χ4v) is 2.23. The number of methoxy groups -OCH3 is 1. The lowest BCUT2D eigenvalue weighted by Gasteiger charge is -2.10. The third kappa shape index (κ3) is 5.39. The van der Waals surface area contributed by atoms with E-state index in [1.807, 2.05) is 0 Å². The molecular weight excluding hydrogens is 330 g/mol. The van der Waals surface area contributed by atoms with Gasteiger partial charge in [-0.25, -0.2) is 4.79 Å². The van der Waals surface area contributed by atoms with Crippen molar-refractivity contribution in [1.82, 2.24) is 5.32 Å². The molecule has 0 bridgehead atoms. The molecule has 1 amide bonds. The van der Waals surface area contributed by atoms with Gasteiger partial charge in [-0.3, -0.25) is 14.4 Å². The summed E-state index contributed by atoms with van der Waals surface area (Å²) in [6.45, 7) is 1.04. The van der Waals surface area contributed by atoms with Gasteiger partial charge in [0, 0.05) is 38.7 Å². The second-order valence-electron chi connectivity index (χ2n) is 5.41. The number of carbonyl (C=O) groups excluding carboxylic acids is 4. The van der Waals surface area contributed by atoms with Crippen molar-refractivity contribution >= 4 is 23.6 Å². The van der Waals surface area contributed by atoms with Crippen LogP contribution in [0.15, 0.2) is 24.3 Å². The monoisotopic (exact) mass is 349 g/mol. The van der Waals surface area contributed by atoms with Gasteiger partial charge in [-0.15, -0.1) is 0 Å². The van der Waals surface area contributed by atoms with Crippen LogP contribution in [0.1, 0.15) is 29.6 Å². The highest BCUT2D eigenvalue weighted by molar-refractivity contribution is 6.12. The van der Waals surface area contributed by atoms with Gasteiger partial charge in [-0.2, -0.15) is 0 Å². The van der Waals surface area contributed by atoms with E-state index in [9.17, 15) is 19.2 Å². The molecule has 1 saturated carbocycles. The molecule has 1 aliphatic rings. The Morgan fingerprint density at radius 1 is 1.12 bits per heavy atom. The summed E-state index contributed by atoms with van der Waals surface area (Å²) < 4.78 is 14.5. The fourth-order valence-electron chi connectivity index (χ4n) is 2.23. The Bertz CT molecular complexity index is 637. The van der Waals surface area contributed by atoms with Crippen LogP contribution in [0.5, 0.6) is 5.75 Å². The highest BCUT2D eigenvalue weighted by Crippen LogP contribution is 2.17. The molecular formula is C17H19NO7. The Hall–Kier alpha value is -2.74. The van der Waals surface area contributed by atoms with E-state index < -0.39 is 23.8 Å². The first kappa shape index (κ1) is 18.6. The van der Waals surface area contributed by atoms with E-state index in [-0.39, 0.29) is 24.5 Å². The maximum atomic E-state index is 11.9. The average molecular weight is 349 g/mol. The summed E-state index contributed by atoms with van der Waals surface area (Å²) in [5, 5.41) is 2.73. The zero-order valence-electron chi connectivity index (χ0n) is 13.8. The summed E-state index contributed by atoms with van der Waals surface area (Å²) in [4.78, 5) is 46.4. The van der Waals surface area contributed by atoms with Crippen molar-refractivity contribution in [2.45, 2.75) is 25.4 Å². The molecule has 1 N–H and O–H groups in total. The molecule has 0 saturated heterocycles. The van der Waals surface area contributed by atoms with Gasteiger partial charge in [0.05, 0.1) is 0 Å². The summed E-state index contributed by atoms with van der Waals surface area (Å²) in [7, 11) is 1.59. The first-order valence-electron chi connectivity index (χ1n) is 7.82. The fraction of sp³-hybridized carbons (Fsp3) is 0.412. The van der Waals surface area contributed by atoms with Crippen molar-refractivity contribution in [2.75, 3.05) is 20.3 Å². The molecule has 0 aliphatic heterocycles. The summed E-state index contributed by atoms with van der Waals surface area (Å²) in [6, 6.07) is 5.81. The molecule has 134 valence electrons. The van der Waals surface area contributed by atoms with E-state index in [2.05, 4.69) is 5.32 Å². The largest absolute Gasteiger partial charge is 0.515 e. The van der Waals surface area contributed by atoms with Crippen molar-refractivity contribution in [3.63, 3.8) is 0 Å². The zero-order chi connectivity index (χ0) is 18.2. The molecule has 0 atom stereocenters. The minimum absolute atomic E-state index is 0.0744. The van der Waals surface area contributed by atoms with Crippen LogP contribution >= 0.6 is 0 Å². The van der Waals surface area contributed by atoms with Crippen LogP contribution in [0.3, 0.4) is 0 Å². The third-order valence-corrected chi connectivity index (χ3v) is 3.55. The van der Waals surface area contributed by atoms with Gasteiger partial charge in [0.15, 0.2) is 11.6 Å². The van der Waals surface area contributed by atoms with Crippen LogP contribution in [-0.2, 0) is 19.1 Å². The Labute approximate surface area is 144 Å². The number of Topliss-reactive ketones (excluding diaryl/α,β-unsaturated/α-hetero) is 2. The van der Waals surface area contributed by atoms with Crippen molar-refractivity contribution in [3.8, 4) is 5.75 Å². The van der Waals surface area contributed by atoms with Gasteiger partial charge in [0.2, 0.25) is 6.10 Å². The Morgan fingerprint density at radius 3 is 2.36 bits per heavy atom. The van der Waals surface area contributed by atoms with Crippen molar-refractivity contribution < 1.29 is 33.4 Å². The molecule has 1 aromatic carbocycles. The number of ketones is 2. The van der Waals surface area contributed by atoms with Gasteiger partial charge in [-0.05, 0) is 30.7 Å². The predicted octanol–water partition coefficient (Wildman–Crippen LogP) is 1.27. The molecule has 1 aromatic rings. The summed E-state index contributed by atoms with van der Waals surface area (Å²) >= 11 is 0. The SMILES string of the molecule is COCCCNC(=O)c1ccc(OC(=O)OC2C(=O)CCC2=O)cc1. The van der Waals surface area contributed by atoms with E-state index in [1.54, 1.807) is 7.11 Å². The van der Waals surface area contributed by atoms with E-state index in [1.165, 1.54) is 24.3 Å². The maximum absolute atomic E-state index is 11.9. The van der Waals surface area contributed by atoms with Crippen LogP contribution in [0.2, 0.25) is 0 Å². The smallest absolute Gasteiger partial charge is 0.415 e. The van der Waals surface area contributed by atoms with Crippen LogP contribution in [0, 0.1) is 0 Å². The molecule has 25 heavy (non-hydrogen) atoms. The lowest BCUT2D eigenvalue weighted by atomic mass is 10.2. The first-order chi connectivity index (χ1) is 12.0. The number of hydrogen-bond acceptors (Lipinski definition) is 7. The normalized spacial score (nSPS) is 14.4. The third-order valence-electron chi connectivity index (χ3n) is 3.55. The number of carbonyl (C=O) groups is 4. The average Bonchev–Trinajstić information content (AvgIpc) is 2.91. The van der Waals surface area contributed by atoms with Gasteiger partial charge in [-0.1, -0.05) is 0 Å². The van der Waals surface area contributed by atoms with E-state index in [0.29, 0.717) is 25.1 Å². The van der Waals surface area contributed by atoms with Gasteiger partial charge in [0.25, 0.3) is 5.91 Å². The number of hydrogen-bond donors (Lipinski definition) is 1. The van der Waals surface area contributed by atoms with E-state index in [0.717, 1.165) is 0 Å². The van der Waals surface area contributed by atoms with Gasteiger partial charge >= 0.3 is 6.16 Å². The molecule has 1 aliphatic carbocycles. The second-order valence-corrected chi connectivity index (χ2v) is 5.41. The molecule has 8 nitrogen and oxygen atoms in total. The number of amides is 1. The highest BCUT2D eigenvalue weighted by Gasteiger charge is 2.36. The molecule has 0 radical (unpaired) electrons. The minimum Gasteiger partial charge on any atom is -0.415 e. The van der Waals surface area contributed by atoms with Crippen LogP contribution in [-0.4, -0.2) is 50.0 Å². The number of ether oxygens (including phenoxy) is 3. The van der Waals surface area contributed by atoms with Crippen LogP contribution in [0.25, 0.3) is 0 Å². The summed E-state index contributed by atoms with van der Waals surface area (Å²) in [6.07, 6.45) is -1.65. The molecule has 0 spiro atoms. The first-order valence-corrected chi connectivity index (χ1v) is 7.82. The Kier molecular flexibility index (Phi) is 6.64. The van der Waals surface area contributed by atoms with Gasteiger partial charge < -0.3 is 19.5 Å². The van der Waals surface area contributed by atoms with Crippen molar-refractivity contribution in [2.24, 2.45) is 0 Å². The van der Waals surface area contributed by atoms with Crippen molar-refractivity contribution in [3.05, 3.63) is 29.8 Å². The van der Waals surface area contributed by atoms with Gasteiger partial charge in [0.1, 0.15) is 5.75 Å². The lowest BCUT2D eigenvalue weighted by Crippen LogP contribution is -2.29. The molecule has 0 aromatic heterocycles. The molecule has 8 heteroatoms. The topological polar surface area (TPSA) is 108 Å². The van der Waals surface area contributed by atoms with E-state index >= 15 is 0 Å². The second kappa shape index (κ2) is 8.93. The standard InChI is InChI=1S/C17H19NO7/c1-23-10-2-9-18-16(21)11-3-5-12(6-4-11)24-17(22)25-15-13(19)7-8-14(15)20/h3-6,15H,2,7-10H2,1H3,(H,18,21). The summed E-state index contributed by atoms with van der Waals surface area (Å²) in [5.74, 6) is -0.976. The Balaban J connectivity index is 1.83. The highest BCUT2D eigenvalue weighted by atomic mass is 16.7. The molecule has 0 unspecified atom stereocenters. The predicted molar refractivity (Wildman–Crippen MR) is 85.4 cm³/mol. The summed E-state index contributed by atoms with van der Waals surface area (Å²) in [5.41, 5.74) is 0.402. The molecule has 2 rings (SSSR count). The van der Waals surface area contributed by atoms with Crippen molar-refractivity contribution in [1.29, 1.82) is 0 Å². The zero-order valence-corrected chi connectivity index (χ0v) is 13.8. The van der Waals surface area contributed by atoms with E-state index in [4.69, 9.17) is 14.2 Å². The maximum Gasteiger partial charge on any atom is 0.515 e. The quantitative estimate of drug-likeness (QED) is 0.342.